The highest BCUT2D eigenvalue weighted by atomic mass is 19.4. The van der Waals surface area contributed by atoms with Crippen LogP contribution in [0.2, 0.25) is 0 Å². The molecule has 0 amide bonds. The zero-order valence-electron chi connectivity index (χ0n) is 18.1. The van der Waals surface area contributed by atoms with E-state index in [-0.39, 0.29) is 12.2 Å². The molecular weight excluding hydrogens is 443 g/mol. The maximum Gasteiger partial charge on any atom is 0.416 e. The van der Waals surface area contributed by atoms with E-state index in [0.29, 0.717) is 28.6 Å². The molecule has 7 heteroatoms. The van der Waals surface area contributed by atoms with Crippen molar-refractivity contribution in [3.8, 4) is 0 Å². The third-order valence-corrected chi connectivity index (χ3v) is 5.86. The Kier molecular flexibility index (Phi) is 5.69. The molecule has 0 unspecified atom stereocenters. The van der Waals surface area contributed by atoms with Gasteiger partial charge in [-0.25, -0.2) is 9.78 Å². The van der Waals surface area contributed by atoms with Crippen LogP contribution in [0.4, 0.5) is 13.2 Å². The van der Waals surface area contributed by atoms with Crippen LogP contribution >= 0.6 is 0 Å². The second-order valence-electron chi connectivity index (χ2n) is 8.14. The largest absolute Gasteiger partial charge is 0.465 e. The second kappa shape index (κ2) is 8.82. The fourth-order valence-corrected chi connectivity index (χ4v) is 4.31. The predicted molar refractivity (Wildman–Crippen MR) is 122 cm³/mol. The summed E-state index contributed by atoms with van der Waals surface area (Å²) in [4.78, 5) is 18.1. The van der Waals surface area contributed by atoms with E-state index in [0.717, 1.165) is 41.8 Å². The zero-order valence-corrected chi connectivity index (χ0v) is 18.1. The Balaban J connectivity index is 1.52. The Labute approximate surface area is 193 Å². The number of halogens is 3. The van der Waals surface area contributed by atoms with Crippen LogP contribution < -0.4 is 0 Å². The molecule has 2 aromatic carbocycles. The molecule has 0 spiro atoms. The standard InChI is InChI=1S/C27H20F3NO3/c28-27(29,30)19-8-3-6-17(14-19)16-34-26(32)24-21-10-1-2-12-23(21)31-25-18(7-4-11-22(24)25)15-20-9-5-13-33-20/h1-3,5-6,8-10,12-15H,4,7,11,16H2. The number of rotatable bonds is 4. The number of carbonyl (C=O) groups excluding carboxylic acids is 1. The summed E-state index contributed by atoms with van der Waals surface area (Å²) in [6, 6.07) is 15.8. The monoisotopic (exact) mass is 463 g/mol. The number of carbonyl (C=O) groups is 1. The van der Waals surface area contributed by atoms with Crippen LogP contribution in [0, 0.1) is 0 Å². The number of hydrogen-bond acceptors (Lipinski definition) is 4. The van der Waals surface area contributed by atoms with E-state index in [9.17, 15) is 18.0 Å². The number of allylic oxidation sites excluding steroid dienone is 1. The Hall–Kier alpha value is -3.87. The van der Waals surface area contributed by atoms with Crippen molar-refractivity contribution >= 4 is 28.5 Å². The highest BCUT2D eigenvalue weighted by molar-refractivity contribution is 6.06. The van der Waals surface area contributed by atoms with Gasteiger partial charge in [0.25, 0.3) is 0 Å². The third-order valence-electron chi connectivity index (χ3n) is 5.86. The van der Waals surface area contributed by atoms with Crippen molar-refractivity contribution in [2.24, 2.45) is 0 Å². The van der Waals surface area contributed by atoms with Crippen LogP contribution in [-0.4, -0.2) is 11.0 Å². The topological polar surface area (TPSA) is 52.3 Å². The van der Waals surface area contributed by atoms with Crippen LogP contribution in [0.5, 0.6) is 0 Å². The van der Waals surface area contributed by atoms with Gasteiger partial charge in [0, 0.05) is 5.39 Å². The van der Waals surface area contributed by atoms with Gasteiger partial charge in [-0.15, -0.1) is 0 Å². The number of furan rings is 1. The number of hydrogen-bond donors (Lipinski definition) is 0. The molecule has 0 bridgehead atoms. The van der Waals surface area contributed by atoms with Gasteiger partial charge in [-0.3, -0.25) is 0 Å². The summed E-state index contributed by atoms with van der Waals surface area (Å²) >= 11 is 0. The molecule has 1 aliphatic rings. The van der Waals surface area contributed by atoms with E-state index in [2.05, 4.69) is 0 Å². The lowest BCUT2D eigenvalue weighted by Gasteiger charge is -2.22. The number of ether oxygens (including phenoxy) is 1. The number of pyridine rings is 1. The van der Waals surface area contributed by atoms with Gasteiger partial charge in [-0.05, 0) is 72.4 Å². The molecule has 2 heterocycles. The zero-order chi connectivity index (χ0) is 23.7. The highest BCUT2D eigenvalue weighted by Crippen LogP contribution is 2.36. The van der Waals surface area contributed by atoms with Crippen molar-refractivity contribution in [3.63, 3.8) is 0 Å². The quantitative estimate of drug-likeness (QED) is 0.304. The minimum atomic E-state index is -4.46. The molecule has 1 aliphatic carbocycles. The smallest absolute Gasteiger partial charge is 0.416 e. The van der Waals surface area contributed by atoms with E-state index in [1.54, 1.807) is 12.3 Å². The van der Waals surface area contributed by atoms with E-state index in [1.165, 1.54) is 12.1 Å². The molecule has 0 saturated heterocycles. The summed E-state index contributed by atoms with van der Waals surface area (Å²) in [5.41, 5.74) is 3.05. The minimum Gasteiger partial charge on any atom is -0.465 e. The molecule has 4 aromatic rings. The van der Waals surface area contributed by atoms with E-state index >= 15 is 0 Å². The van der Waals surface area contributed by atoms with Crippen LogP contribution in [0.15, 0.2) is 71.3 Å². The van der Waals surface area contributed by atoms with Gasteiger partial charge in [-0.1, -0.05) is 30.3 Å². The van der Waals surface area contributed by atoms with Crippen molar-refractivity contribution in [1.29, 1.82) is 0 Å². The van der Waals surface area contributed by atoms with Gasteiger partial charge in [0.15, 0.2) is 0 Å². The summed E-state index contributed by atoms with van der Waals surface area (Å²) in [6.45, 7) is -0.261. The van der Waals surface area contributed by atoms with Crippen molar-refractivity contribution < 1.29 is 27.1 Å². The number of alkyl halides is 3. The Morgan fingerprint density at radius 2 is 1.91 bits per heavy atom. The maximum atomic E-state index is 13.3. The number of nitrogens with zero attached hydrogens (tertiary/aromatic N) is 1. The molecule has 0 saturated carbocycles. The molecule has 4 nitrogen and oxygen atoms in total. The lowest BCUT2D eigenvalue weighted by Crippen LogP contribution is -2.15. The van der Waals surface area contributed by atoms with Crippen LogP contribution in [-0.2, 0) is 23.9 Å². The van der Waals surface area contributed by atoms with Gasteiger partial charge in [0.2, 0.25) is 0 Å². The second-order valence-corrected chi connectivity index (χ2v) is 8.14. The molecule has 2 aromatic heterocycles. The first-order valence-electron chi connectivity index (χ1n) is 10.9. The Bertz CT molecular complexity index is 1390. The molecule has 172 valence electrons. The molecule has 34 heavy (non-hydrogen) atoms. The molecule has 0 radical (unpaired) electrons. The van der Waals surface area contributed by atoms with Crippen molar-refractivity contribution in [2.45, 2.75) is 32.0 Å². The van der Waals surface area contributed by atoms with Crippen LogP contribution in [0.25, 0.3) is 22.6 Å². The van der Waals surface area contributed by atoms with E-state index in [4.69, 9.17) is 14.1 Å². The summed E-state index contributed by atoms with van der Waals surface area (Å²) in [5, 5.41) is 0.662. The van der Waals surface area contributed by atoms with Gasteiger partial charge >= 0.3 is 12.1 Å². The number of aromatic nitrogens is 1. The Morgan fingerprint density at radius 3 is 2.71 bits per heavy atom. The van der Waals surface area contributed by atoms with E-state index < -0.39 is 17.7 Å². The van der Waals surface area contributed by atoms with Crippen LogP contribution in [0.3, 0.4) is 0 Å². The van der Waals surface area contributed by atoms with Gasteiger partial charge in [0.05, 0.1) is 28.6 Å². The molecule has 0 N–H and O–H groups in total. The van der Waals surface area contributed by atoms with Crippen LogP contribution in [0.1, 0.15) is 51.3 Å². The molecule has 5 rings (SSSR count). The maximum absolute atomic E-state index is 13.3. The SMILES string of the molecule is O=C(OCc1cccc(C(F)(F)F)c1)c1c2c(nc3ccccc13)C(=Cc1ccco1)CCC2. The highest BCUT2D eigenvalue weighted by Gasteiger charge is 2.30. The number of benzene rings is 2. The summed E-state index contributed by atoms with van der Waals surface area (Å²) in [5.74, 6) is 0.123. The molecule has 0 fully saturated rings. The first-order chi connectivity index (χ1) is 16.4. The Morgan fingerprint density at radius 1 is 1.06 bits per heavy atom. The average molecular weight is 463 g/mol. The van der Waals surface area contributed by atoms with Gasteiger partial charge in [-0.2, -0.15) is 13.2 Å². The lowest BCUT2D eigenvalue weighted by molar-refractivity contribution is -0.137. The number of para-hydroxylation sites is 1. The molecule has 0 atom stereocenters. The van der Waals surface area contributed by atoms with Crippen molar-refractivity contribution in [1.82, 2.24) is 4.98 Å². The van der Waals surface area contributed by atoms with Crippen molar-refractivity contribution in [3.05, 3.63) is 101 Å². The minimum absolute atomic E-state index is 0.261. The third kappa shape index (κ3) is 4.33. The predicted octanol–water partition coefficient (Wildman–Crippen LogP) is 7.08. The van der Waals surface area contributed by atoms with Gasteiger partial charge < -0.3 is 9.15 Å². The number of esters is 1. The normalized spacial score (nSPS) is 14.9. The first kappa shape index (κ1) is 21.9. The van der Waals surface area contributed by atoms with E-state index in [1.807, 2.05) is 36.4 Å². The molecule has 0 aliphatic heterocycles. The lowest BCUT2D eigenvalue weighted by atomic mass is 9.86. The summed E-state index contributed by atoms with van der Waals surface area (Å²) in [6.07, 6.45) is 1.33. The van der Waals surface area contributed by atoms with Crippen molar-refractivity contribution in [2.75, 3.05) is 0 Å². The fourth-order valence-electron chi connectivity index (χ4n) is 4.31. The van der Waals surface area contributed by atoms with Gasteiger partial charge in [0.1, 0.15) is 12.4 Å². The summed E-state index contributed by atoms with van der Waals surface area (Å²) < 4.78 is 50.1. The summed E-state index contributed by atoms with van der Waals surface area (Å²) in [7, 11) is 0. The molecular formula is C27H20F3NO3. The average Bonchev–Trinajstić information content (AvgIpc) is 3.34. The number of fused-ring (bicyclic) bond motifs is 2. The fraction of sp³-hybridized carbons (Fsp3) is 0.185. The first-order valence-corrected chi connectivity index (χ1v) is 10.9.